The van der Waals surface area contributed by atoms with E-state index in [2.05, 4.69) is 15.2 Å². The molecule has 4 heterocycles. The third-order valence-corrected chi connectivity index (χ3v) is 11.0. The molecule has 4 fully saturated rings. The van der Waals surface area contributed by atoms with Crippen LogP contribution in [0.3, 0.4) is 0 Å². The molecule has 3 unspecified atom stereocenters. The van der Waals surface area contributed by atoms with Gasteiger partial charge in [-0.25, -0.2) is 4.57 Å². The topological polar surface area (TPSA) is 445 Å². The first-order valence-corrected chi connectivity index (χ1v) is 20.2. The van der Waals surface area contributed by atoms with Crippen molar-refractivity contribution in [2.24, 2.45) is 0 Å². The largest absolute Gasteiger partial charge is 0.472 e. The molecule has 0 radical (unpaired) electrons. The zero-order chi connectivity index (χ0) is 44.6. The Kier molecular flexibility index (Phi) is 19.7. The molecule has 29 heteroatoms. The maximum Gasteiger partial charge on any atom is 0.472 e. The molecule has 0 spiro atoms. The van der Waals surface area contributed by atoms with Gasteiger partial charge in [0.05, 0.1) is 46.2 Å². The van der Waals surface area contributed by atoms with Crippen molar-refractivity contribution < 1.29 is 128 Å². The number of amides is 1. The van der Waals surface area contributed by atoms with Gasteiger partial charge in [0.25, 0.3) is 0 Å². The Morgan fingerprint density at radius 3 is 1.70 bits per heavy atom. The number of phosphoric ester groups is 1. The number of aliphatic hydroxyl groups excluding tert-OH is 14. The van der Waals surface area contributed by atoms with Gasteiger partial charge in [0.2, 0.25) is 5.91 Å². The van der Waals surface area contributed by atoms with Crippen LogP contribution < -0.4 is 10.6 Å². The van der Waals surface area contributed by atoms with Crippen LogP contribution in [0.15, 0.2) is 0 Å². The molecule has 1 amide bonds. The standard InChI is InChI=1S/C31H57N2O26P/c1-10(39)33-16-26(58-30-23(47)20(44)17(41)12(5-35)55-30)18(42)13(6-36)54-29(16)59-27-19(43)14(7-37)56-31(24(27)48)57-25-15(8-38)53-28(22(46)21(25)45)32-2-3-51-60(49,50)52-9-11(40)4-34/h11-32,34-38,40-48H,2-9H2,1H3,(H,33,39)(H,49,50)/t11?,12-,13-,14-,15-,16-,17+,18-,19+,20+,21-,22-,23-,24-,25-,26-,27+,28?,29+,30+,31+/m1/s1. The molecule has 0 aromatic heterocycles. The van der Waals surface area contributed by atoms with Crippen LogP contribution in [0.4, 0.5) is 0 Å². The lowest BCUT2D eigenvalue weighted by molar-refractivity contribution is -0.375. The molecule has 4 rings (SSSR count). The Bertz CT molecular complexity index is 1360. The summed E-state index contributed by atoms with van der Waals surface area (Å²) in [6.07, 6.45) is -35.6. The minimum atomic E-state index is -4.68. The average Bonchev–Trinajstić information content (AvgIpc) is 3.22. The van der Waals surface area contributed by atoms with Gasteiger partial charge in [-0.2, -0.15) is 0 Å². The number of hydrogen-bond donors (Lipinski definition) is 17. The molecule has 17 N–H and O–H groups in total. The summed E-state index contributed by atoms with van der Waals surface area (Å²) in [7, 11) is -4.68. The predicted octanol–water partition coefficient (Wildman–Crippen LogP) is -10.5. The van der Waals surface area contributed by atoms with Crippen LogP contribution in [0.5, 0.6) is 0 Å². The van der Waals surface area contributed by atoms with Crippen molar-refractivity contribution in [1.82, 2.24) is 10.6 Å². The third kappa shape index (κ3) is 12.5. The van der Waals surface area contributed by atoms with Gasteiger partial charge in [-0.15, -0.1) is 0 Å². The van der Waals surface area contributed by atoms with E-state index in [1.807, 2.05) is 0 Å². The van der Waals surface area contributed by atoms with E-state index in [-0.39, 0.29) is 6.54 Å². The first kappa shape index (κ1) is 51.3. The second-order valence-corrected chi connectivity index (χ2v) is 15.7. The van der Waals surface area contributed by atoms with E-state index in [9.17, 15) is 80.6 Å². The summed E-state index contributed by atoms with van der Waals surface area (Å²) >= 11 is 0. The fourth-order valence-corrected chi connectivity index (χ4v) is 7.52. The molecular weight excluding hydrogens is 847 g/mol. The van der Waals surface area contributed by atoms with Gasteiger partial charge in [0.1, 0.15) is 110 Å². The summed E-state index contributed by atoms with van der Waals surface area (Å²) in [5.74, 6) is -0.797. The van der Waals surface area contributed by atoms with Crippen LogP contribution in [0, 0.1) is 0 Å². The number of carbonyl (C=O) groups excluding carboxylic acids is 1. The summed E-state index contributed by atoms with van der Waals surface area (Å²) in [4.78, 5) is 22.1. The Morgan fingerprint density at radius 1 is 0.617 bits per heavy atom. The molecule has 4 aliphatic rings. The number of rotatable bonds is 20. The SMILES string of the molecule is CC(=O)N[C@H]1[C@H](O[C@H]2[C@@H](O)[C@@H](CO)O[C@@H](O[C@H]3[C@H](O)[C@@H](O)C(NCCOP(=O)(O)OCC(O)CO)O[C@@H]3CO)[C@@H]2O)O[C@H](CO)[C@@H](O)[C@@H]1O[C@@H]1O[C@H](CO)[C@H](O)[C@H](O)[C@H]1O. The smallest absolute Gasteiger partial charge is 0.394 e. The molecule has 4 aliphatic heterocycles. The summed E-state index contributed by atoms with van der Waals surface area (Å²) < 4.78 is 60.9. The van der Waals surface area contributed by atoms with E-state index in [0.29, 0.717) is 0 Å². The zero-order valence-electron chi connectivity index (χ0n) is 31.9. The highest BCUT2D eigenvalue weighted by Crippen LogP contribution is 2.43. The quantitative estimate of drug-likeness (QED) is 0.0398. The van der Waals surface area contributed by atoms with Crippen molar-refractivity contribution in [1.29, 1.82) is 0 Å². The number of ether oxygens (including phenoxy) is 7. The van der Waals surface area contributed by atoms with Gasteiger partial charge in [-0.1, -0.05) is 0 Å². The molecule has 0 bridgehead atoms. The second kappa shape index (κ2) is 23.1. The van der Waals surface area contributed by atoms with Crippen LogP contribution in [0.2, 0.25) is 0 Å². The van der Waals surface area contributed by atoms with Crippen molar-refractivity contribution >= 4 is 13.7 Å². The number of aliphatic hydroxyl groups is 14. The van der Waals surface area contributed by atoms with Crippen molar-refractivity contribution in [2.45, 2.75) is 136 Å². The molecule has 0 saturated carbocycles. The fourth-order valence-electron chi connectivity index (χ4n) is 6.76. The number of phosphoric acid groups is 1. The lowest BCUT2D eigenvalue weighted by atomic mass is 9.94. The minimum absolute atomic E-state index is 0.320. The lowest BCUT2D eigenvalue weighted by Gasteiger charge is -2.50. The summed E-state index contributed by atoms with van der Waals surface area (Å²) in [6.45, 7) is -4.92. The minimum Gasteiger partial charge on any atom is -0.394 e. The maximum absolute atomic E-state index is 12.4. The predicted molar refractivity (Wildman–Crippen MR) is 186 cm³/mol. The third-order valence-electron chi connectivity index (χ3n) is 9.97. The molecule has 352 valence electrons. The van der Waals surface area contributed by atoms with E-state index in [1.165, 1.54) is 0 Å². The van der Waals surface area contributed by atoms with Crippen molar-refractivity contribution in [3.05, 3.63) is 0 Å². The summed E-state index contributed by atoms with van der Waals surface area (Å²) in [5.41, 5.74) is 0. The van der Waals surface area contributed by atoms with Crippen molar-refractivity contribution in [3.8, 4) is 0 Å². The van der Waals surface area contributed by atoms with Gasteiger partial charge in [-0.3, -0.25) is 19.2 Å². The first-order chi connectivity index (χ1) is 28.3. The van der Waals surface area contributed by atoms with Gasteiger partial charge in [-0.05, 0) is 0 Å². The summed E-state index contributed by atoms with van der Waals surface area (Å²) in [5, 5.41) is 150. The van der Waals surface area contributed by atoms with E-state index in [1.54, 1.807) is 0 Å². The Labute approximate surface area is 340 Å². The van der Waals surface area contributed by atoms with Gasteiger partial charge >= 0.3 is 7.82 Å². The highest BCUT2D eigenvalue weighted by Gasteiger charge is 2.56. The highest BCUT2D eigenvalue weighted by atomic mass is 31.2. The maximum atomic E-state index is 12.4. The van der Waals surface area contributed by atoms with Crippen LogP contribution in [0.25, 0.3) is 0 Å². The molecule has 0 aliphatic carbocycles. The van der Waals surface area contributed by atoms with Crippen LogP contribution >= 0.6 is 7.82 Å². The fraction of sp³-hybridized carbons (Fsp3) is 0.968. The Morgan fingerprint density at radius 2 is 1.13 bits per heavy atom. The molecule has 0 aromatic carbocycles. The van der Waals surface area contributed by atoms with Gasteiger partial charge in [0.15, 0.2) is 18.9 Å². The molecular formula is C31H57N2O26P. The van der Waals surface area contributed by atoms with Gasteiger partial charge in [0, 0.05) is 13.5 Å². The van der Waals surface area contributed by atoms with E-state index in [4.69, 9.17) is 42.8 Å². The molecule has 60 heavy (non-hydrogen) atoms. The normalized spacial score (nSPS) is 44.2. The molecule has 28 nitrogen and oxygen atoms in total. The second-order valence-electron chi connectivity index (χ2n) is 14.3. The molecule has 0 aromatic rings. The number of hydrogen-bond acceptors (Lipinski definition) is 26. The van der Waals surface area contributed by atoms with Crippen LogP contribution in [-0.4, -0.2) is 264 Å². The monoisotopic (exact) mass is 904 g/mol. The van der Waals surface area contributed by atoms with E-state index >= 15 is 0 Å². The lowest BCUT2D eigenvalue weighted by Crippen LogP contribution is -2.70. The Balaban J connectivity index is 1.49. The van der Waals surface area contributed by atoms with E-state index < -0.39 is 189 Å². The van der Waals surface area contributed by atoms with Crippen LogP contribution in [-0.2, 0) is 51.6 Å². The first-order valence-electron chi connectivity index (χ1n) is 18.7. The zero-order valence-corrected chi connectivity index (χ0v) is 32.8. The van der Waals surface area contributed by atoms with Crippen molar-refractivity contribution in [2.75, 3.05) is 52.8 Å². The average molecular weight is 905 g/mol. The van der Waals surface area contributed by atoms with Crippen LogP contribution in [0.1, 0.15) is 6.92 Å². The van der Waals surface area contributed by atoms with Gasteiger partial charge < -0.3 is 115 Å². The molecule has 4 saturated heterocycles. The summed E-state index contributed by atoms with van der Waals surface area (Å²) in [6, 6.07) is -1.66. The number of carbonyl (C=O) groups is 1. The van der Waals surface area contributed by atoms with Crippen molar-refractivity contribution in [3.63, 3.8) is 0 Å². The van der Waals surface area contributed by atoms with E-state index in [0.717, 1.165) is 6.92 Å². The number of nitrogens with one attached hydrogen (secondary N) is 2. The Hall–Kier alpha value is -1.30. The highest BCUT2D eigenvalue weighted by molar-refractivity contribution is 7.47. The molecule has 22 atom stereocenters.